The second kappa shape index (κ2) is 6.27. The van der Waals surface area contributed by atoms with Gasteiger partial charge in [-0.3, -0.25) is 13.9 Å². The quantitative estimate of drug-likeness (QED) is 0.593. The van der Waals surface area contributed by atoms with Gasteiger partial charge in [0.05, 0.1) is 9.92 Å². The van der Waals surface area contributed by atoms with Gasteiger partial charge >= 0.3 is 0 Å². The van der Waals surface area contributed by atoms with Crippen LogP contribution < -0.4 is 5.32 Å². The monoisotopic (exact) mass is 381 g/mol. The predicted molar refractivity (Wildman–Crippen MR) is 101 cm³/mol. The maximum atomic E-state index is 12.4. The maximum Gasteiger partial charge on any atom is 0.255 e. The van der Waals surface area contributed by atoms with Crippen molar-refractivity contribution >= 4 is 57.0 Å². The summed E-state index contributed by atoms with van der Waals surface area (Å²) in [6.45, 7) is 3.77. The lowest BCUT2D eigenvalue weighted by Crippen LogP contribution is -2.13. The third-order valence-electron chi connectivity index (χ3n) is 3.56. The number of halogens is 2. The molecule has 1 amide bonds. The number of hydrogen-bond acceptors (Lipinski definition) is 3. The first kappa shape index (κ1) is 17.1. The highest BCUT2D eigenvalue weighted by Crippen LogP contribution is 2.56. The second-order valence-electron chi connectivity index (χ2n) is 5.21. The average Bonchev–Trinajstić information content (AvgIpc) is 2.82. The molecule has 0 aliphatic carbocycles. The number of hydrogen-bond donors (Lipinski definition) is 3. The van der Waals surface area contributed by atoms with Crippen molar-refractivity contribution in [3.8, 4) is 0 Å². The zero-order valence-corrected chi connectivity index (χ0v) is 14.6. The molecule has 124 valence electrons. The molecule has 3 rings (SSSR count). The van der Waals surface area contributed by atoms with Crippen molar-refractivity contribution in [2.75, 3.05) is 5.32 Å². The minimum Gasteiger partial charge on any atom is -0.322 e. The highest BCUT2D eigenvalue weighted by atomic mass is 35.5. The Morgan fingerprint density at radius 3 is 2.58 bits per heavy atom. The number of amides is 1. The molecule has 0 atom stereocenters. The number of carbonyl (C=O) groups excluding carboxylic acids is 1. The van der Waals surface area contributed by atoms with E-state index in [1.54, 1.807) is 36.4 Å². The Bertz CT molecular complexity index is 893. The first-order valence-corrected chi connectivity index (χ1v) is 9.20. The van der Waals surface area contributed by atoms with Crippen molar-refractivity contribution < 1.29 is 13.9 Å². The lowest BCUT2D eigenvalue weighted by Gasteiger charge is -2.25. The van der Waals surface area contributed by atoms with E-state index in [1.165, 1.54) is 11.5 Å². The molecule has 3 N–H and O–H groups in total. The number of anilines is 1. The normalized spacial score (nSPS) is 15.7. The van der Waals surface area contributed by atoms with E-state index in [4.69, 9.17) is 23.2 Å². The van der Waals surface area contributed by atoms with Crippen LogP contribution in [-0.2, 0) is 4.79 Å². The van der Waals surface area contributed by atoms with E-state index in [9.17, 15) is 13.9 Å². The van der Waals surface area contributed by atoms with Crippen LogP contribution >= 0.6 is 33.8 Å². The van der Waals surface area contributed by atoms with Gasteiger partial charge < -0.3 is 5.32 Å². The van der Waals surface area contributed by atoms with Crippen LogP contribution in [0.1, 0.15) is 11.1 Å². The Morgan fingerprint density at radius 2 is 1.88 bits per heavy atom. The summed E-state index contributed by atoms with van der Waals surface area (Å²) in [6.07, 6.45) is 1.64. The number of nitrogens with one attached hydrogen (secondary N) is 1. The third kappa shape index (κ3) is 3.22. The van der Waals surface area contributed by atoms with E-state index in [1.807, 2.05) is 0 Å². The van der Waals surface area contributed by atoms with Gasteiger partial charge in [0.2, 0.25) is 0 Å². The van der Waals surface area contributed by atoms with Crippen LogP contribution in [-0.4, -0.2) is 15.0 Å². The van der Waals surface area contributed by atoms with Crippen molar-refractivity contribution in [1.82, 2.24) is 0 Å². The summed E-state index contributed by atoms with van der Waals surface area (Å²) in [5, 5.41) is 4.83. The minimum absolute atomic E-state index is 0.182. The number of benzene rings is 2. The van der Waals surface area contributed by atoms with Crippen LogP contribution in [0.25, 0.3) is 11.6 Å². The molecular formula is C17H13Cl2NO3S. The van der Waals surface area contributed by atoms with E-state index >= 15 is 0 Å². The smallest absolute Gasteiger partial charge is 0.255 e. The Morgan fingerprint density at radius 1 is 1.12 bits per heavy atom. The number of rotatable bonds is 3. The van der Waals surface area contributed by atoms with Gasteiger partial charge in [-0.25, -0.2) is 0 Å². The summed E-state index contributed by atoms with van der Waals surface area (Å²) in [5.74, 6) is -0.443. The van der Waals surface area contributed by atoms with Gasteiger partial charge in [0.1, 0.15) is 0 Å². The lowest BCUT2D eigenvalue weighted by molar-refractivity contribution is -0.111. The third-order valence-corrected chi connectivity index (χ3v) is 5.63. The number of carbonyl (C=O) groups is 1. The second-order valence-corrected chi connectivity index (χ2v) is 7.95. The van der Waals surface area contributed by atoms with E-state index < -0.39 is 16.5 Å². The maximum absolute atomic E-state index is 12.4. The highest BCUT2D eigenvalue weighted by molar-refractivity contribution is 8.27. The van der Waals surface area contributed by atoms with Crippen molar-refractivity contribution in [3.05, 3.63) is 69.6 Å². The van der Waals surface area contributed by atoms with Gasteiger partial charge in [-0.15, -0.1) is 10.6 Å². The molecule has 0 spiro atoms. The Kier molecular flexibility index (Phi) is 4.46. The van der Waals surface area contributed by atoms with Gasteiger partial charge in [-0.05, 0) is 35.9 Å². The van der Waals surface area contributed by atoms with Crippen molar-refractivity contribution in [1.29, 1.82) is 0 Å². The van der Waals surface area contributed by atoms with E-state index in [2.05, 4.69) is 11.9 Å². The Balaban J connectivity index is 1.82. The molecule has 0 unspecified atom stereocenters. The standard InChI is InChI=1S/C17H13Cl2NO3S/c1-10(14-5-3-12(18)8-15(14)19)17(21)20-13-4-2-11-6-7-24(22,23)16(11)9-13/h2-9,22-23H,1H2,(H,20,21). The molecule has 0 radical (unpaired) electrons. The van der Waals surface area contributed by atoms with Crippen LogP contribution in [0.5, 0.6) is 0 Å². The minimum atomic E-state index is -2.94. The molecule has 7 heteroatoms. The van der Waals surface area contributed by atoms with Crippen LogP contribution in [0.4, 0.5) is 5.69 Å². The van der Waals surface area contributed by atoms with E-state index in [0.29, 0.717) is 31.8 Å². The predicted octanol–water partition coefficient (Wildman–Crippen LogP) is 5.74. The molecule has 2 aromatic rings. The van der Waals surface area contributed by atoms with Gasteiger partial charge in [-0.2, -0.15) is 0 Å². The summed E-state index contributed by atoms with van der Waals surface area (Å²) < 4.78 is 19.9. The van der Waals surface area contributed by atoms with E-state index in [0.717, 1.165) is 0 Å². The summed E-state index contributed by atoms with van der Waals surface area (Å²) in [4.78, 5) is 12.8. The van der Waals surface area contributed by atoms with Gasteiger partial charge in [0.15, 0.2) is 0 Å². The van der Waals surface area contributed by atoms with Crippen molar-refractivity contribution in [3.63, 3.8) is 0 Å². The van der Waals surface area contributed by atoms with Crippen LogP contribution in [0.2, 0.25) is 10.0 Å². The molecule has 0 fully saturated rings. The summed E-state index contributed by atoms with van der Waals surface area (Å²) >= 11 is 11.9. The summed E-state index contributed by atoms with van der Waals surface area (Å²) in [5.41, 5.74) is 1.81. The van der Waals surface area contributed by atoms with Crippen LogP contribution in [0.15, 0.2) is 53.3 Å². The molecule has 24 heavy (non-hydrogen) atoms. The van der Waals surface area contributed by atoms with Gasteiger partial charge in [0.25, 0.3) is 5.91 Å². The molecule has 1 aliphatic heterocycles. The molecule has 2 aromatic carbocycles. The fourth-order valence-corrected chi connectivity index (χ4v) is 4.10. The molecule has 0 saturated heterocycles. The SMILES string of the molecule is C=C(C(=O)Nc1ccc2c(c1)S(O)(O)C=C2)c1ccc(Cl)cc1Cl. The largest absolute Gasteiger partial charge is 0.322 e. The van der Waals surface area contributed by atoms with Gasteiger partial charge in [0, 0.05) is 27.3 Å². The highest BCUT2D eigenvalue weighted by Gasteiger charge is 2.22. The van der Waals surface area contributed by atoms with E-state index in [-0.39, 0.29) is 5.57 Å². The fourth-order valence-electron chi connectivity index (χ4n) is 2.31. The summed E-state index contributed by atoms with van der Waals surface area (Å²) in [7, 11) is -2.94. The molecule has 0 aromatic heterocycles. The van der Waals surface area contributed by atoms with Crippen molar-refractivity contribution in [2.24, 2.45) is 0 Å². The van der Waals surface area contributed by atoms with Crippen molar-refractivity contribution in [2.45, 2.75) is 4.90 Å². The Hall–Kier alpha value is -1.76. The molecule has 4 nitrogen and oxygen atoms in total. The molecule has 1 heterocycles. The zero-order valence-electron chi connectivity index (χ0n) is 12.3. The molecule has 1 aliphatic rings. The molecular weight excluding hydrogens is 369 g/mol. The van der Waals surface area contributed by atoms with Crippen LogP contribution in [0, 0.1) is 0 Å². The molecule has 0 bridgehead atoms. The van der Waals surface area contributed by atoms with Gasteiger partial charge in [-0.1, -0.05) is 41.9 Å². The first-order chi connectivity index (χ1) is 11.3. The summed E-state index contributed by atoms with van der Waals surface area (Å²) in [6, 6.07) is 9.71. The zero-order chi connectivity index (χ0) is 17.5. The molecule has 0 saturated carbocycles. The topological polar surface area (TPSA) is 69.6 Å². The first-order valence-electron chi connectivity index (χ1n) is 6.84. The Labute approximate surface area is 150 Å². The average molecular weight is 382 g/mol. The van der Waals surface area contributed by atoms with Crippen LogP contribution in [0.3, 0.4) is 0 Å². The lowest BCUT2D eigenvalue weighted by atomic mass is 10.1. The fraction of sp³-hybridized carbons (Fsp3) is 0. The number of fused-ring (bicyclic) bond motifs is 1.